The van der Waals surface area contributed by atoms with Gasteiger partial charge in [0.1, 0.15) is 0 Å². The number of rotatable bonds is 7. The van der Waals surface area contributed by atoms with Crippen LogP contribution in [0.15, 0.2) is 23.4 Å². The van der Waals surface area contributed by atoms with E-state index in [1.54, 1.807) is 30.7 Å². The first kappa shape index (κ1) is 20.9. The van der Waals surface area contributed by atoms with E-state index in [0.717, 1.165) is 22.5 Å². The zero-order valence-electron chi connectivity index (χ0n) is 17.5. The van der Waals surface area contributed by atoms with Crippen molar-refractivity contribution in [2.24, 2.45) is 0 Å². The second-order valence-electron chi connectivity index (χ2n) is 6.65. The highest BCUT2D eigenvalue weighted by Gasteiger charge is 2.19. The van der Waals surface area contributed by atoms with Gasteiger partial charge in [0, 0.05) is 36.1 Å². The van der Waals surface area contributed by atoms with E-state index in [1.807, 2.05) is 38.3 Å². The maximum Gasteiger partial charge on any atom is 0.253 e. The van der Waals surface area contributed by atoms with Crippen LogP contribution in [0.3, 0.4) is 0 Å². The van der Waals surface area contributed by atoms with Gasteiger partial charge in [0.05, 0.1) is 20.6 Å². The van der Waals surface area contributed by atoms with Crippen molar-refractivity contribution in [2.75, 3.05) is 27.5 Å². The molecule has 2 aromatic heterocycles. The van der Waals surface area contributed by atoms with Crippen LogP contribution in [-0.2, 0) is 17.8 Å². The average molecular weight is 416 g/mol. The number of nitrogens with zero attached hydrogens (tertiary/aromatic N) is 5. The Labute approximate surface area is 174 Å². The van der Waals surface area contributed by atoms with Crippen LogP contribution in [-0.4, -0.2) is 57.9 Å². The molecule has 3 aromatic rings. The molecule has 0 fully saturated rings. The van der Waals surface area contributed by atoms with Crippen LogP contribution >= 0.6 is 11.8 Å². The molecule has 9 heteroatoms. The van der Waals surface area contributed by atoms with Gasteiger partial charge in [-0.1, -0.05) is 23.9 Å². The number of aryl methyl sites for hydroxylation is 2. The molecule has 0 unspecified atom stereocenters. The van der Waals surface area contributed by atoms with Crippen LogP contribution in [0, 0.1) is 13.8 Å². The summed E-state index contributed by atoms with van der Waals surface area (Å²) in [4.78, 5) is 23.5. The van der Waals surface area contributed by atoms with Crippen molar-refractivity contribution < 1.29 is 14.3 Å². The highest BCUT2D eigenvalue weighted by molar-refractivity contribution is 7.98. The molecule has 29 heavy (non-hydrogen) atoms. The monoisotopic (exact) mass is 415 g/mol. The molecule has 0 bridgehead atoms. The van der Waals surface area contributed by atoms with Crippen molar-refractivity contribution in [1.82, 2.24) is 24.5 Å². The zero-order chi connectivity index (χ0) is 21.1. The molecule has 3 rings (SSSR count). The molecule has 0 saturated heterocycles. The van der Waals surface area contributed by atoms with Crippen LogP contribution in [0.1, 0.15) is 22.5 Å². The Balaban J connectivity index is 1.83. The van der Waals surface area contributed by atoms with Crippen molar-refractivity contribution in [3.8, 4) is 11.5 Å². The van der Waals surface area contributed by atoms with Gasteiger partial charge >= 0.3 is 0 Å². The molecular formula is C20H25N5O3S. The zero-order valence-corrected chi connectivity index (χ0v) is 18.3. The third kappa shape index (κ3) is 4.14. The molecule has 0 saturated carbocycles. The first-order valence-electron chi connectivity index (χ1n) is 9.10. The molecule has 154 valence electrons. The number of benzene rings is 1. The van der Waals surface area contributed by atoms with E-state index in [-0.39, 0.29) is 12.3 Å². The Kier molecular flexibility index (Phi) is 6.26. The molecule has 2 heterocycles. The summed E-state index contributed by atoms with van der Waals surface area (Å²) >= 11 is 1.46. The molecule has 0 aliphatic carbocycles. The number of para-hydroxylation sites is 1. The number of carbonyl (C=O) groups excluding carboxylic acids is 1. The number of aromatic nitrogens is 4. The number of hydrogen-bond donors (Lipinski definition) is 0. The lowest BCUT2D eigenvalue weighted by molar-refractivity contribution is -0.129. The Morgan fingerprint density at radius 1 is 1.21 bits per heavy atom. The lowest BCUT2D eigenvalue weighted by Gasteiger charge is -2.21. The van der Waals surface area contributed by atoms with Gasteiger partial charge in [-0.2, -0.15) is 4.98 Å². The Bertz CT molecular complexity index is 1050. The van der Waals surface area contributed by atoms with Crippen molar-refractivity contribution in [1.29, 1.82) is 0 Å². The molecule has 0 N–H and O–H groups in total. The Morgan fingerprint density at radius 3 is 2.62 bits per heavy atom. The second kappa shape index (κ2) is 8.69. The summed E-state index contributed by atoms with van der Waals surface area (Å²) in [5.74, 6) is 1.81. The van der Waals surface area contributed by atoms with Crippen LogP contribution in [0.4, 0.5) is 0 Å². The average Bonchev–Trinajstić information content (AvgIpc) is 3.13. The predicted molar refractivity (Wildman–Crippen MR) is 112 cm³/mol. The Hall–Kier alpha value is -2.81. The predicted octanol–water partition coefficient (Wildman–Crippen LogP) is 2.68. The second-order valence-corrected chi connectivity index (χ2v) is 7.42. The van der Waals surface area contributed by atoms with Crippen LogP contribution in [0.5, 0.6) is 11.5 Å². The first-order valence-corrected chi connectivity index (χ1v) is 10.3. The van der Waals surface area contributed by atoms with Crippen molar-refractivity contribution in [3.63, 3.8) is 0 Å². The van der Waals surface area contributed by atoms with Gasteiger partial charge in [-0.15, -0.1) is 5.10 Å². The quantitative estimate of drug-likeness (QED) is 0.549. The van der Waals surface area contributed by atoms with Crippen molar-refractivity contribution in [2.45, 2.75) is 32.0 Å². The maximum absolute atomic E-state index is 12.9. The number of likely N-dealkylation sites (N-methyl/N-ethyl adjacent to an activating group) is 1. The van der Waals surface area contributed by atoms with Gasteiger partial charge in [-0.25, -0.2) is 9.50 Å². The minimum Gasteiger partial charge on any atom is -0.493 e. The van der Waals surface area contributed by atoms with E-state index < -0.39 is 0 Å². The fraction of sp³-hybridized carbons (Fsp3) is 0.400. The number of carbonyl (C=O) groups is 1. The molecule has 1 amide bonds. The molecular weight excluding hydrogens is 390 g/mol. The minimum absolute atomic E-state index is 0.0209. The summed E-state index contributed by atoms with van der Waals surface area (Å²) in [5.41, 5.74) is 3.41. The van der Waals surface area contributed by atoms with Crippen LogP contribution < -0.4 is 9.47 Å². The highest BCUT2D eigenvalue weighted by atomic mass is 32.2. The van der Waals surface area contributed by atoms with Gasteiger partial charge in [-0.05, 0) is 26.2 Å². The number of thioether (sulfide) groups is 1. The molecule has 0 aliphatic heterocycles. The number of fused-ring (bicyclic) bond motifs is 1. The summed E-state index contributed by atoms with van der Waals surface area (Å²) in [6.07, 6.45) is 2.15. The molecule has 0 aliphatic rings. The van der Waals surface area contributed by atoms with E-state index in [2.05, 4.69) is 15.1 Å². The number of hydrogen-bond acceptors (Lipinski definition) is 7. The van der Waals surface area contributed by atoms with Gasteiger partial charge in [-0.3, -0.25) is 4.79 Å². The maximum atomic E-state index is 12.9. The summed E-state index contributed by atoms with van der Waals surface area (Å²) in [6.45, 7) is 4.25. The largest absolute Gasteiger partial charge is 0.493 e. The van der Waals surface area contributed by atoms with E-state index >= 15 is 0 Å². The number of amides is 1. The number of ether oxygens (including phenoxy) is 2. The molecule has 8 nitrogen and oxygen atoms in total. The van der Waals surface area contributed by atoms with Crippen molar-refractivity contribution in [3.05, 3.63) is 40.7 Å². The third-order valence-corrected chi connectivity index (χ3v) is 5.40. The summed E-state index contributed by atoms with van der Waals surface area (Å²) in [6, 6.07) is 5.64. The molecule has 0 atom stereocenters. The first-order chi connectivity index (χ1) is 13.9. The fourth-order valence-electron chi connectivity index (χ4n) is 3.24. The number of methoxy groups -OCH3 is 2. The van der Waals surface area contributed by atoms with Gasteiger partial charge in [0.25, 0.3) is 5.78 Å². The molecule has 0 radical (unpaired) electrons. The lowest BCUT2D eigenvalue weighted by atomic mass is 10.1. The molecule has 1 aromatic carbocycles. The van der Waals surface area contributed by atoms with Gasteiger partial charge in [0.2, 0.25) is 11.1 Å². The minimum atomic E-state index is -0.0209. The van der Waals surface area contributed by atoms with E-state index in [4.69, 9.17) is 9.47 Å². The molecule has 0 spiro atoms. The van der Waals surface area contributed by atoms with E-state index in [9.17, 15) is 4.79 Å². The summed E-state index contributed by atoms with van der Waals surface area (Å²) < 4.78 is 12.5. The van der Waals surface area contributed by atoms with Crippen LogP contribution in [0.2, 0.25) is 0 Å². The third-order valence-electron chi connectivity index (χ3n) is 4.86. The van der Waals surface area contributed by atoms with Gasteiger partial charge < -0.3 is 14.4 Å². The smallest absolute Gasteiger partial charge is 0.253 e. The van der Waals surface area contributed by atoms with Crippen LogP contribution in [0.25, 0.3) is 5.78 Å². The summed E-state index contributed by atoms with van der Waals surface area (Å²) in [7, 11) is 4.97. The summed E-state index contributed by atoms with van der Waals surface area (Å²) in [5, 5.41) is 5.10. The standard InChI is InChI=1S/C20H25N5O3S/c1-12-15(13(2)25-19(21-12)22-20(23-25)29-6)10-17(26)24(3)11-14-8-7-9-16(27-4)18(14)28-5/h7-9H,10-11H2,1-6H3. The topological polar surface area (TPSA) is 81.9 Å². The van der Waals surface area contributed by atoms with E-state index in [0.29, 0.717) is 29.0 Å². The van der Waals surface area contributed by atoms with Gasteiger partial charge in [0.15, 0.2) is 11.5 Å². The van der Waals surface area contributed by atoms with Crippen molar-refractivity contribution >= 4 is 23.4 Å². The lowest BCUT2D eigenvalue weighted by Crippen LogP contribution is -2.29. The SMILES string of the molecule is COc1cccc(CN(C)C(=O)Cc2c(C)nc3nc(SC)nn3c2C)c1OC. The highest BCUT2D eigenvalue weighted by Crippen LogP contribution is 2.31. The normalized spacial score (nSPS) is 11.0. The van der Waals surface area contributed by atoms with E-state index in [1.165, 1.54) is 11.8 Å². The Morgan fingerprint density at radius 2 is 1.97 bits per heavy atom. The fourth-order valence-corrected chi connectivity index (χ4v) is 3.58.